The van der Waals surface area contributed by atoms with E-state index in [-0.39, 0.29) is 5.91 Å². The highest BCUT2D eigenvalue weighted by Gasteiger charge is 2.17. The van der Waals surface area contributed by atoms with Crippen LogP contribution < -0.4 is 5.32 Å². The van der Waals surface area contributed by atoms with Crippen molar-refractivity contribution in [2.45, 2.75) is 43.8 Å². The molecule has 0 radical (unpaired) electrons. The van der Waals surface area contributed by atoms with Crippen molar-refractivity contribution in [1.82, 2.24) is 20.5 Å². The molecule has 1 fully saturated rings. The zero-order valence-electron chi connectivity index (χ0n) is 13.4. The number of nitrogens with one attached hydrogen (secondary N) is 2. The summed E-state index contributed by atoms with van der Waals surface area (Å²) in [4.78, 5) is 16.4. The number of thioether (sulfide) groups is 1. The minimum Gasteiger partial charge on any atom is -0.351 e. The van der Waals surface area contributed by atoms with Crippen LogP contribution in [0.15, 0.2) is 29.4 Å². The number of hydrogen-bond acceptors (Lipinski definition) is 4. The number of amides is 1. The van der Waals surface area contributed by atoms with E-state index >= 15 is 0 Å². The second-order valence-corrected chi connectivity index (χ2v) is 7.49. The molecule has 7 heteroatoms. The standard InChI is InChI=1S/C17H21ClN4OS/c18-14-7-5-13(6-8-14)10-19-16(23)11-24-17-20-15(21-22-17)9-12-3-1-2-4-12/h5-8,12H,1-4,9-11H2,(H,19,23)(H,20,21,22). The minimum atomic E-state index is -0.0305. The van der Waals surface area contributed by atoms with Crippen molar-refractivity contribution in [3.05, 3.63) is 40.7 Å². The lowest BCUT2D eigenvalue weighted by Gasteiger charge is -2.04. The van der Waals surface area contributed by atoms with Crippen molar-refractivity contribution in [2.24, 2.45) is 5.92 Å². The SMILES string of the molecule is O=C(CSc1n[nH]c(CC2CCCC2)n1)NCc1ccc(Cl)cc1. The topological polar surface area (TPSA) is 70.7 Å². The predicted octanol–water partition coefficient (Wildman–Crippen LogP) is 3.60. The third kappa shape index (κ3) is 5.24. The molecule has 1 aliphatic carbocycles. The molecule has 0 unspecified atom stereocenters. The van der Waals surface area contributed by atoms with Gasteiger partial charge in [-0.3, -0.25) is 9.89 Å². The van der Waals surface area contributed by atoms with Gasteiger partial charge >= 0.3 is 0 Å². The van der Waals surface area contributed by atoms with Gasteiger partial charge in [0.25, 0.3) is 0 Å². The molecule has 1 heterocycles. The van der Waals surface area contributed by atoms with E-state index in [9.17, 15) is 4.79 Å². The van der Waals surface area contributed by atoms with Gasteiger partial charge in [-0.15, -0.1) is 5.10 Å². The Morgan fingerprint density at radius 1 is 1.29 bits per heavy atom. The van der Waals surface area contributed by atoms with Crippen LogP contribution in [-0.4, -0.2) is 26.8 Å². The summed E-state index contributed by atoms with van der Waals surface area (Å²) in [6.45, 7) is 0.498. The largest absolute Gasteiger partial charge is 0.351 e. The summed E-state index contributed by atoms with van der Waals surface area (Å²) in [6.07, 6.45) is 6.20. The van der Waals surface area contributed by atoms with Crippen molar-refractivity contribution < 1.29 is 4.79 Å². The van der Waals surface area contributed by atoms with E-state index in [4.69, 9.17) is 11.6 Å². The molecule has 5 nitrogen and oxygen atoms in total. The van der Waals surface area contributed by atoms with Gasteiger partial charge in [0.2, 0.25) is 11.1 Å². The van der Waals surface area contributed by atoms with Crippen LogP contribution in [0.5, 0.6) is 0 Å². The normalized spacial score (nSPS) is 14.9. The molecule has 128 valence electrons. The number of benzene rings is 1. The summed E-state index contributed by atoms with van der Waals surface area (Å²) in [5.74, 6) is 1.95. The highest BCUT2D eigenvalue weighted by Crippen LogP contribution is 2.27. The fourth-order valence-corrected chi connectivity index (χ4v) is 3.68. The Labute approximate surface area is 151 Å². The third-order valence-electron chi connectivity index (χ3n) is 4.20. The van der Waals surface area contributed by atoms with Crippen LogP contribution in [-0.2, 0) is 17.8 Å². The molecule has 3 rings (SSSR count). The lowest BCUT2D eigenvalue weighted by molar-refractivity contribution is -0.118. The van der Waals surface area contributed by atoms with E-state index in [1.54, 1.807) is 0 Å². The van der Waals surface area contributed by atoms with E-state index < -0.39 is 0 Å². The molecule has 2 N–H and O–H groups in total. The summed E-state index contributed by atoms with van der Waals surface area (Å²) < 4.78 is 0. The molecule has 1 amide bonds. The van der Waals surface area contributed by atoms with Crippen LogP contribution >= 0.6 is 23.4 Å². The minimum absolute atomic E-state index is 0.0305. The average Bonchev–Trinajstić information content (AvgIpc) is 3.25. The maximum Gasteiger partial charge on any atom is 0.230 e. The predicted molar refractivity (Wildman–Crippen MR) is 96.1 cm³/mol. The van der Waals surface area contributed by atoms with E-state index in [0.717, 1.165) is 23.7 Å². The van der Waals surface area contributed by atoms with Crippen LogP contribution in [0.3, 0.4) is 0 Å². The van der Waals surface area contributed by atoms with Crippen molar-refractivity contribution in [1.29, 1.82) is 0 Å². The van der Waals surface area contributed by atoms with Gasteiger partial charge in [0.15, 0.2) is 0 Å². The summed E-state index contributed by atoms with van der Waals surface area (Å²) in [5.41, 5.74) is 1.02. The molecular weight excluding hydrogens is 344 g/mol. The van der Waals surface area contributed by atoms with Crippen LogP contribution in [0.25, 0.3) is 0 Å². The van der Waals surface area contributed by atoms with Gasteiger partial charge in [-0.25, -0.2) is 4.98 Å². The Morgan fingerprint density at radius 3 is 2.79 bits per heavy atom. The molecule has 2 aromatic rings. The number of aromatic amines is 1. The first-order chi connectivity index (χ1) is 11.7. The van der Waals surface area contributed by atoms with Crippen molar-refractivity contribution in [3.8, 4) is 0 Å². The van der Waals surface area contributed by atoms with Crippen molar-refractivity contribution in [2.75, 3.05) is 5.75 Å². The van der Waals surface area contributed by atoms with Gasteiger partial charge in [-0.1, -0.05) is 61.2 Å². The van der Waals surface area contributed by atoms with E-state index in [1.807, 2.05) is 24.3 Å². The van der Waals surface area contributed by atoms with E-state index in [0.29, 0.717) is 22.5 Å². The number of hydrogen-bond donors (Lipinski definition) is 2. The maximum atomic E-state index is 11.9. The lowest BCUT2D eigenvalue weighted by Crippen LogP contribution is -2.24. The second kappa shape index (κ2) is 8.53. The zero-order chi connectivity index (χ0) is 16.8. The van der Waals surface area contributed by atoms with Gasteiger partial charge in [0.1, 0.15) is 5.82 Å². The molecule has 1 aliphatic rings. The summed E-state index contributed by atoms with van der Waals surface area (Å²) in [5, 5.41) is 11.4. The molecule has 1 saturated carbocycles. The Balaban J connectivity index is 1.39. The number of nitrogens with zero attached hydrogens (tertiary/aromatic N) is 2. The fourth-order valence-electron chi connectivity index (χ4n) is 2.91. The molecular formula is C17H21ClN4OS. The number of H-pyrrole nitrogens is 1. The number of halogens is 1. The maximum absolute atomic E-state index is 11.9. The average molecular weight is 365 g/mol. The smallest absolute Gasteiger partial charge is 0.230 e. The Morgan fingerprint density at radius 2 is 2.04 bits per heavy atom. The monoisotopic (exact) mass is 364 g/mol. The molecule has 0 atom stereocenters. The first kappa shape index (κ1) is 17.3. The Bertz CT molecular complexity index is 667. The van der Waals surface area contributed by atoms with Gasteiger partial charge in [0.05, 0.1) is 5.75 Å². The zero-order valence-corrected chi connectivity index (χ0v) is 15.0. The molecule has 0 saturated heterocycles. The quantitative estimate of drug-likeness (QED) is 0.736. The molecule has 0 bridgehead atoms. The van der Waals surface area contributed by atoms with Gasteiger partial charge < -0.3 is 5.32 Å². The van der Waals surface area contributed by atoms with Crippen molar-refractivity contribution >= 4 is 29.3 Å². The van der Waals surface area contributed by atoms with E-state index in [2.05, 4.69) is 20.5 Å². The second-order valence-electron chi connectivity index (χ2n) is 6.11. The van der Waals surface area contributed by atoms with E-state index in [1.165, 1.54) is 37.4 Å². The van der Waals surface area contributed by atoms with Gasteiger partial charge in [0, 0.05) is 18.0 Å². The van der Waals surface area contributed by atoms with Crippen LogP contribution in [0.4, 0.5) is 0 Å². The lowest BCUT2D eigenvalue weighted by atomic mass is 10.0. The number of aromatic nitrogens is 3. The highest BCUT2D eigenvalue weighted by molar-refractivity contribution is 7.99. The molecule has 1 aromatic heterocycles. The van der Waals surface area contributed by atoms with Crippen molar-refractivity contribution in [3.63, 3.8) is 0 Å². The van der Waals surface area contributed by atoms with Crippen LogP contribution in [0.1, 0.15) is 37.1 Å². The Hall–Kier alpha value is -1.53. The fraction of sp³-hybridized carbons (Fsp3) is 0.471. The molecule has 0 spiro atoms. The Kier molecular flexibility index (Phi) is 6.15. The van der Waals surface area contributed by atoms with Crippen LogP contribution in [0.2, 0.25) is 5.02 Å². The summed E-state index contributed by atoms with van der Waals surface area (Å²) in [7, 11) is 0. The first-order valence-corrected chi connectivity index (χ1v) is 9.60. The third-order valence-corrected chi connectivity index (χ3v) is 5.30. The molecule has 1 aromatic carbocycles. The molecule has 24 heavy (non-hydrogen) atoms. The number of carbonyl (C=O) groups excluding carboxylic acids is 1. The summed E-state index contributed by atoms with van der Waals surface area (Å²) >= 11 is 7.20. The first-order valence-electron chi connectivity index (χ1n) is 8.24. The number of carbonyl (C=O) groups is 1. The number of rotatable bonds is 7. The molecule has 0 aliphatic heterocycles. The highest BCUT2D eigenvalue weighted by atomic mass is 35.5. The van der Waals surface area contributed by atoms with Crippen LogP contribution in [0, 0.1) is 5.92 Å². The van der Waals surface area contributed by atoms with Gasteiger partial charge in [-0.2, -0.15) is 0 Å². The van der Waals surface area contributed by atoms with Gasteiger partial charge in [-0.05, 0) is 23.6 Å². The summed E-state index contributed by atoms with van der Waals surface area (Å²) in [6, 6.07) is 7.44.